The van der Waals surface area contributed by atoms with E-state index in [1.165, 1.54) is 41.4 Å². The van der Waals surface area contributed by atoms with Crippen LogP contribution >= 0.6 is 35.5 Å². The number of aromatic nitrogens is 2. The van der Waals surface area contributed by atoms with Crippen LogP contribution < -0.4 is 16.8 Å². The fourth-order valence-corrected chi connectivity index (χ4v) is 7.64. The van der Waals surface area contributed by atoms with Crippen LogP contribution in [0.1, 0.15) is 59.6 Å². The van der Waals surface area contributed by atoms with Gasteiger partial charge in [-0.2, -0.15) is 13.2 Å². The number of guanidine groups is 1. The van der Waals surface area contributed by atoms with Crippen molar-refractivity contribution in [3.8, 4) is 0 Å². The number of rotatable bonds is 9. The summed E-state index contributed by atoms with van der Waals surface area (Å²) in [5.74, 6) is -1.31. The summed E-state index contributed by atoms with van der Waals surface area (Å²) in [5.41, 5.74) is 10.6. The smallest absolute Gasteiger partial charge is 0.370 e. The molecule has 236 valence electrons. The minimum Gasteiger partial charge on any atom is -0.370 e. The Hall–Kier alpha value is -3.43. The van der Waals surface area contributed by atoms with Gasteiger partial charge in [0.2, 0.25) is 17.6 Å². The molecule has 2 saturated heterocycles. The van der Waals surface area contributed by atoms with E-state index in [2.05, 4.69) is 20.3 Å². The molecule has 1 unspecified atom stereocenters. The van der Waals surface area contributed by atoms with Crippen LogP contribution in [0.5, 0.6) is 0 Å². The van der Waals surface area contributed by atoms with Gasteiger partial charge in [0.15, 0.2) is 11.0 Å². The molecule has 4 heterocycles. The number of carbonyl (C=O) groups excluding carboxylic acids is 3. The number of thioether (sulfide) groups is 1. The van der Waals surface area contributed by atoms with E-state index in [1.54, 1.807) is 22.4 Å². The van der Waals surface area contributed by atoms with Gasteiger partial charge in [0.05, 0.1) is 22.3 Å². The predicted octanol–water partition coefficient (Wildman–Crippen LogP) is 4.09. The maximum atomic E-state index is 14.0. The number of benzene rings is 1. The van der Waals surface area contributed by atoms with E-state index >= 15 is 0 Å². The number of hydrogen-bond donors (Lipinski definition) is 3. The summed E-state index contributed by atoms with van der Waals surface area (Å²) in [5, 5.41) is 5.29. The van der Waals surface area contributed by atoms with E-state index in [1.807, 2.05) is 6.92 Å². The number of carbonyl (C=O) groups is 3. The summed E-state index contributed by atoms with van der Waals surface area (Å²) in [6.45, 7) is 2.21. The third-order valence-corrected chi connectivity index (χ3v) is 10.0. The van der Waals surface area contributed by atoms with Gasteiger partial charge in [-0.05, 0) is 56.4 Å². The zero-order valence-corrected chi connectivity index (χ0v) is 26.0. The molecule has 2 fully saturated rings. The lowest BCUT2D eigenvalue weighted by Gasteiger charge is -2.44. The lowest BCUT2D eigenvalue weighted by atomic mass is 9.85. The highest BCUT2D eigenvalue weighted by atomic mass is 35.5. The van der Waals surface area contributed by atoms with Gasteiger partial charge in [0.1, 0.15) is 11.7 Å². The molecule has 0 saturated carbocycles. The van der Waals surface area contributed by atoms with E-state index in [0.29, 0.717) is 36.0 Å². The van der Waals surface area contributed by atoms with Crippen LogP contribution in [0, 0.1) is 0 Å². The molecule has 0 bridgehead atoms. The molecule has 4 atom stereocenters. The van der Waals surface area contributed by atoms with E-state index in [0.717, 1.165) is 6.07 Å². The first-order valence-corrected chi connectivity index (χ1v) is 15.5. The Morgan fingerprint density at radius 3 is 2.70 bits per heavy atom. The van der Waals surface area contributed by atoms with Gasteiger partial charge in [-0.3, -0.25) is 19.4 Å². The van der Waals surface area contributed by atoms with E-state index in [4.69, 9.17) is 11.5 Å². The normalized spacial score (nSPS) is 22.2. The highest BCUT2D eigenvalue weighted by Crippen LogP contribution is 2.49. The average molecular weight is 670 g/mol. The van der Waals surface area contributed by atoms with Crippen molar-refractivity contribution in [2.24, 2.45) is 16.5 Å². The van der Waals surface area contributed by atoms with Crippen molar-refractivity contribution in [3.63, 3.8) is 0 Å². The lowest BCUT2D eigenvalue weighted by Crippen LogP contribution is -2.59. The van der Waals surface area contributed by atoms with Crippen molar-refractivity contribution in [3.05, 3.63) is 58.2 Å². The fourth-order valence-electron chi connectivity index (χ4n) is 5.57. The van der Waals surface area contributed by atoms with E-state index < -0.39 is 40.6 Å². The molecule has 44 heavy (non-hydrogen) atoms. The molecule has 10 nitrogen and oxygen atoms in total. The molecule has 5 rings (SSSR count). The van der Waals surface area contributed by atoms with Crippen molar-refractivity contribution < 1.29 is 27.6 Å². The number of piperidine rings is 1. The molecule has 5 N–H and O–H groups in total. The second-order valence-corrected chi connectivity index (χ2v) is 13.1. The van der Waals surface area contributed by atoms with E-state index in [9.17, 15) is 27.6 Å². The molecule has 0 spiro atoms. The number of nitrogens with one attached hydrogen (secondary N) is 1. The van der Waals surface area contributed by atoms with Crippen LogP contribution in [0.25, 0.3) is 10.9 Å². The third-order valence-electron chi connectivity index (χ3n) is 7.74. The van der Waals surface area contributed by atoms with Crippen LogP contribution in [0.2, 0.25) is 0 Å². The Kier molecular flexibility index (Phi) is 10.1. The number of Topliss-reactive ketones (excluding diaryl/α,β-unsaturated/α-hetero) is 1. The number of alkyl halides is 3. The van der Waals surface area contributed by atoms with Gasteiger partial charge in [0.25, 0.3) is 0 Å². The molecule has 2 amide bonds. The standard InChI is InChI=1S/C28H30F3N7O3S2.ClH/c1-27-9-8-17(15-4-6-18-16(13-15)5-7-21(36-18)28(29,30)31)25(41)38(27)20(14-43-27)23(40)37-19(3-2-10-35-26(32)33)22(39)24-34-11-12-42-24;/h4-7,11-13,17,19-20H,2-3,8-10,14H2,1H3,(H,37,40)(H4,32,33,35);1H/t17-,19?,20-,27-;/m0./s1. The first-order chi connectivity index (χ1) is 20.4. The van der Waals surface area contributed by atoms with Crippen molar-refractivity contribution in [2.75, 3.05) is 12.3 Å². The SMILES string of the molecule is C[C@]12CC[C@@H](c3ccc4nc(C(F)(F)F)ccc4c3)C(=O)N1[C@H](C(=O)NC(CCCN=C(N)N)C(=O)c1nccs1)CS2.Cl. The largest absolute Gasteiger partial charge is 0.433 e. The number of amides is 2. The van der Waals surface area contributed by atoms with E-state index in [-0.39, 0.29) is 53.5 Å². The number of nitrogens with zero attached hydrogens (tertiary/aromatic N) is 4. The van der Waals surface area contributed by atoms with Crippen LogP contribution in [0.15, 0.2) is 46.9 Å². The van der Waals surface area contributed by atoms with Crippen molar-refractivity contribution in [1.29, 1.82) is 0 Å². The molecule has 2 aromatic heterocycles. The first-order valence-electron chi connectivity index (χ1n) is 13.6. The summed E-state index contributed by atoms with van der Waals surface area (Å²) in [6, 6.07) is 5.37. The van der Waals surface area contributed by atoms with Crippen molar-refractivity contribution >= 4 is 70.0 Å². The number of nitrogens with two attached hydrogens (primary N) is 2. The van der Waals surface area contributed by atoms with Gasteiger partial charge in [-0.1, -0.05) is 12.1 Å². The summed E-state index contributed by atoms with van der Waals surface area (Å²) < 4.78 is 39.4. The molecular formula is C28H31ClF3N7O3S2. The summed E-state index contributed by atoms with van der Waals surface area (Å²) in [4.78, 5) is 53.6. The van der Waals surface area contributed by atoms with Crippen LogP contribution in [0.4, 0.5) is 13.2 Å². The van der Waals surface area contributed by atoms with Crippen LogP contribution in [-0.4, -0.2) is 67.7 Å². The van der Waals surface area contributed by atoms with Crippen LogP contribution in [-0.2, 0) is 15.8 Å². The fraction of sp³-hybridized carbons (Fsp3) is 0.429. The molecule has 2 aliphatic heterocycles. The molecular weight excluding hydrogens is 639 g/mol. The minimum atomic E-state index is -4.56. The monoisotopic (exact) mass is 669 g/mol. The molecule has 0 radical (unpaired) electrons. The van der Waals surface area contributed by atoms with Crippen molar-refractivity contribution in [1.82, 2.24) is 20.2 Å². The van der Waals surface area contributed by atoms with Gasteiger partial charge in [-0.25, -0.2) is 9.97 Å². The maximum Gasteiger partial charge on any atom is 0.433 e. The maximum absolute atomic E-state index is 14.0. The zero-order chi connectivity index (χ0) is 30.9. The number of ketones is 1. The lowest BCUT2D eigenvalue weighted by molar-refractivity contribution is -0.146. The number of fused-ring (bicyclic) bond motifs is 2. The van der Waals surface area contributed by atoms with Crippen LogP contribution in [0.3, 0.4) is 0 Å². The number of hydrogen-bond acceptors (Lipinski definition) is 8. The quantitative estimate of drug-likeness (QED) is 0.133. The first kappa shape index (κ1) is 33.5. The topological polar surface area (TPSA) is 157 Å². The highest BCUT2D eigenvalue weighted by Gasteiger charge is 2.54. The van der Waals surface area contributed by atoms with Crippen molar-refractivity contribution in [2.45, 2.75) is 61.7 Å². The summed E-state index contributed by atoms with van der Waals surface area (Å²) in [6.07, 6.45) is -1.21. The molecule has 2 aliphatic rings. The van der Waals surface area contributed by atoms with Gasteiger partial charge < -0.3 is 21.7 Å². The summed E-state index contributed by atoms with van der Waals surface area (Å²) >= 11 is 2.69. The number of halogens is 4. The average Bonchev–Trinajstić information content (AvgIpc) is 3.62. The zero-order valence-electron chi connectivity index (χ0n) is 23.5. The Morgan fingerprint density at radius 2 is 2.02 bits per heavy atom. The molecule has 0 aliphatic carbocycles. The Morgan fingerprint density at radius 1 is 1.25 bits per heavy atom. The second kappa shape index (κ2) is 13.3. The molecule has 16 heteroatoms. The number of aliphatic imine (C=N–C) groups is 1. The highest BCUT2D eigenvalue weighted by molar-refractivity contribution is 8.00. The molecule has 1 aromatic carbocycles. The number of thiazole rings is 1. The Balaban J connectivity index is 0.00000442. The Bertz CT molecular complexity index is 1570. The van der Waals surface area contributed by atoms with Gasteiger partial charge in [0, 0.05) is 29.3 Å². The van der Waals surface area contributed by atoms with Gasteiger partial charge in [-0.15, -0.1) is 35.5 Å². The number of pyridine rings is 1. The third kappa shape index (κ3) is 6.94. The minimum absolute atomic E-state index is 0. The second-order valence-electron chi connectivity index (χ2n) is 10.7. The molecule has 3 aromatic rings. The Labute approximate surface area is 265 Å². The predicted molar refractivity (Wildman–Crippen MR) is 166 cm³/mol. The summed E-state index contributed by atoms with van der Waals surface area (Å²) in [7, 11) is 0. The van der Waals surface area contributed by atoms with Gasteiger partial charge >= 0.3 is 6.18 Å².